The summed E-state index contributed by atoms with van der Waals surface area (Å²) >= 11 is 0. The molecule has 6 rings (SSSR count). The molecule has 2 aliphatic heterocycles. The molecule has 2 atom stereocenters. The fourth-order valence-electron chi connectivity index (χ4n) is 6.51. The van der Waals surface area contributed by atoms with Crippen LogP contribution < -0.4 is 26.0 Å². The molecule has 2 amide bonds. The van der Waals surface area contributed by atoms with Crippen LogP contribution in [-0.4, -0.2) is 42.6 Å². The van der Waals surface area contributed by atoms with Gasteiger partial charge in [-0.15, -0.1) is 0 Å². The number of nitrogens with one attached hydrogen (secondary N) is 2. The van der Waals surface area contributed by atoms with Gasteiger partial charge in [-0.25, -0.2) is 4.39 Å². The highest BCUT2D eigenvalue weighted by Gasteiger charge is 2.35. The van der Waals surface area contributed by atoms with Crippen LogP contribution in [0.25, 0.3) is 0 Å². The van der Waals surface area contributed by atoms with E-state index in [1.165, 1.54) is 12.1 Å². The number of carbonyl (C=O) groups excluding carboxylic acids is 2. The van der Waals surface area contributed by atoms with Crippen molar-refractivity contribution in [3.63, 3.8) is 0 Å². The first-order valence-corrected chi connectivity index (χ1v) is 15.2. The van der Waals surface area contributed by atoms with E-state index in [0.717, 1.165) is 36.6 Å². The Morgan fingerprint density at radius 1 is 0.818 bits per heavy atom. The van der Waals surface area contributed by atoms with E-state index < -0.39 is 11.7 Å². The highest BCUT2D eigenvalue weighted by Crippen LogP contribution is 2.39. The van der Waals surface area contributed by atoms with Gasteiger partial charge in [-0.05, 0) is 86.8 Å². The first-order chi connectivity index (χ1) is 21.3. The number of rotatable bonds is 8. The van der Waals surface area contributed by atoms with Gasteiger partial charge in [0, 0.05) is 67.2 Å². The molecule has 1 aromatic heterocycles. The maximum Gasteiger partial charge on any atom is 0.255 e. The van der Waals surface area contributed by atoms with Gasteiger partial charge in [0.1, 0.15) is 5.82 Å². The number of amides is 2. The fraction of sp³-hybridized carbons (Fsp3) is 0.286. The lowest BCUT2D eigenvalue weighted by molar-refractivity contribution is 0.101. The highest BCUT2D eigenvalue weighted by atomic mass is 19.1. The topological polar surface area (TPSA) is 86.7 Å². The molecule has 3 heterocycles. The van der Waals surface area contributed by atoms with Crippen LogP contribution in [0.1, 0.15) is 52.6 Å². The summed E-state index contributed by atoms with van der Waals surface area (Å²) in [7, 11) is 0. The molecular weight excluding hydrogens is 557 g/mol. The van der Waals surface area contributed by atoms with E-state index in [2.05, 4.69) is 34.3 Å². The minimum atomic E-state index is -0.529. The summed E-state index contributed by atoms with van der Waals surface area (Å²) in [4.78, 5) is 43.7. The first kappa shape index (κ1) is 29.2. The molecule has 0 saturated carbocycles. The molecule has 0 radical (unpaired) electrons. The van der Waals surface area contributed by atoms with Gasteiger partial charge in [-0.2, -0.15) is 0 Å². The number of piperidine rings is 1. The van der Waals surface area contributed by atoms with Gasteiger partial charge in [-0.3, -0.25) is 14.4 Å². The molecule has 0 unspecified atom stereocenters. The zero-order chi connectivity index (χ0) is 30.8. The Labute approximate surface area is 256 Å². The molecule has 1 saturated heterocycles. The van der Waals surface area contributed by atoms with Crippen LogP contribution in [0.15, 0.2) is 89.7 Å². The summed E-state index contributed by atoms with van der Waals surface area (Å²) in [6.45, 7) is 7.93. The van der Waals surface area contributed by atoms with Gasteiger partial charge in [0.25, 0.3) is 17.4 Å². The zero-order valence-electron chi connectivity index (χ0n) is 24.9. The Kier molecular flexibility index (Phi) is 8.19. The van der Waals surface area contributed by atoms with Crippen molar-refractivity contribution in [3.05, 3.63) is 118 Å². The fourth-order valence-corrected chi connectivity index (χ4v) is 6.51. The molecule has 2 N–H and O–H groups in total. The number of aromatic nitrogens is 1. The van der Waals surface area contributed by atoms with Crippen LogP contribution in [0.4, 0.5) is 27.1 Å². The average Bonchev–Trinajstić information content (AvgIpc) is 3.03. The highest BCUT2D eigenvalue weighted by molar-refractivity contribution is 6.09. The summed E-state index contributed by atoms with van der Waals surface area (Å²) in [5, 5.41) is 5.70. The number of halogens is 1. The lowest BCUT2D eigenvalue weighted by Crippen LogP contribution is -2.47. The van der Waals surface area contributed by atoms with Crippen LogP contribution in [-0.2, 0) is 6.54 Å². The third-order valence-electron chi connectivity index (χ3n) is 8.71. The van der Waals surface area contributed by atoms with E-state index in [-0.39, 0.29) is 29.0 Å². The second kappa shape index (κ2) is 12.4. The summed E-state index contributed by atoms with van der Waals surface area (Å²) < 4.78 is 16.2. The second-order valence-electron chi connectivity index (χ2n) is 11.4. The molecule has 44 heavy (non-hydrogen) atoms. The third-order valence-corrected chi connectivity index (χ3v) is 8.71. The van der Waals surface area contributed by atoms with Crippen molar-refractivity contribution >= 4 is 34.6 Å². The number of hydrogen-bond donors (Lipinski definition) is 2. The van der Waals surface area contributed by atoms with Gasteiger partial charge in [0.2, 0.25) is 0 Å². The van der Waals surface area contributed by atoms with Crippen molar-refractivity contribution in [2.24, 2.45) is 5.92 Å². The number of hydrogen-bond acceptors (Lipinski definition) is 5. The van der Waals surface area contributed by atoms with E-state index >= 15 is 0 Å². The molecule has 226 valence electrons. The largest absolute Gasteiger partial charge is 0.372 e. The minimum absolute atomic E-state index is 0.0239. The number of pyridine rings is 1. The van der Waals surface area contributed by atoms with E-state index in [0.29, 0.717) is 36.4 Å². The molecule has 0 spiro atoms. The molecule has 4 aromatic rings. The summed E-state index contributed by atoms with van der Waals surface area (Å²) in [6, 6.07) is 24.1. The Bertz CT molecular complexity index is 1750. The lowest BCUT2D eigenvalue weighted by Gasteiger charge is -2.44. The monoisotopic (exact) mass is 593 g/mol. The van der Waals surface area contributed by atoms with Crippen LogP contribution in [0.3, 0.4) is 0 Å². The van der Waals surface area contributed by atoms with Crippen molar-refractivity contribution < 1.29 is 14.0 Å². The molecule has 8 nitrogen and oxygen atoms in total. The van der Waals surface area contributed by atoms with E-state index in [1.807, 2.05) is 34.9 Å². The predicted molar refractivity (Wildman–Crippen MR) is 173 cm³/mol. The average molecular weight is 594 g/mol. The third kappa shape index (κ3) is 5.82. The quantitative estimate of drug-likeness (QED) is 0.263. The van der Waals surface area contributed by atoms with Crippen molar-refractivity contribution in [1.29, 1.82) is 0 Å². The summed E-state index contributed by atoms with van der Waals surface area (Å²) in [5.74, 6) is -0.876. The lowest BCUT2D eigenvalue weighted by atomic mass is 9.83. The van der Waals surface area contributed by atoms with E-state index in [1.54, 1.807) is 42.5 Å². The maximum absolute atomic E-state index is 14.3. The standard InChI is InChI=1S/C35H36FN5O3/c1-3-39(4-2)27-15-12-24(13-16-27)34(43)38-30-19-25(35(44)37-29-9-6-5-8-28(29)36)14-17-32(30)40-20-23-18-26(22-40)31-10-7-11-33(42)41(31)21-23/h5-17,19,23,26H,3-4,18,20-22H2,1-2H3,(H,37,44)(H,38,43)/t23-,26+/m1/s1. The number of fused-ring (bicyclic) bond motifs is 4. The summed E-state index contributed by atoms with van der Waals surface area (Å²) in [6.07, 6.45) is 0.990. The van der Waals surface area contributed by atoms with Crippen LogP contribution in [0.5, 0.6) is 0 Å². The first-order valence-electron chi connectivity index (χ1n) is 15.2. The molecule has 9 heteroatoms. The van der Waals surface area contributed by atoms with E-state index in [4.69, 9.17) is 0 Å². The van der Waals surface area contributed by atoms with Crippen molar-refractivity contribution in [2.75, 3.05) is 46.6 Å². The smallest absolute Gasteiger partial charge is 0.255 e. The molecule has 1 fully saturated rings. The van der Waals surface area contributed by atoms with Gasteiger partial charge in [0.05, 0.1) is 17.1 Å². The van der Waals surface area contributed by atoms with E-state index in [9.17, 15) is 18.8 Å². The van der Waals surface area contributed by atoms with Crippen LogP contribution in [0, 0.1) is 11.7 Å². The van der Waals surface area contributed by atoms with Gasteiger partial charge in [0.15, 0.2) is 0 Å². The Morgan fingerprint density at radius 2 is 1.52 bits per heavy atom. The molecule has 0 aliphatic carbocycles. The SMILES string of the molecule is CCN(CC)c1ccc(C(=O)Nc2cc(C(=O)Nc3ccccc3F)ccc2N2C[C@H]3C[C@@H](C2)c2cccc(=O)n2C3)cc1. The molecule has 2 bridgehead atoms. The number of carbonyl (C=O) groups is 2. The Hall–Kier alpha value is -4.92. The van der Waals surface area contributed by atoms with Gasteiger partial charge < -0.3 is 25.0 Å². The normalized spacial score (nSPS) is 17.0. The van der Waals surface area contributed by atoms with Crippen molar-refractivity contribution in [2.45, 2.75) is 32.7 Å². The zero-order valence-corrected chi connectivity index (χ0v) is 24.9. The van der Waals surface area contributed by atoms with Crippen LogP contribution >= 0.6 is 0 Å². The Balaban J connectivity index is 1.31. The molecule has 2 aliphatic rings. The number of nitrogens with zero attached hydrogens (tertiary/aromatic N) is 3. The number of para-hydroxylation sites is 1. The number of anilines is 4. The minimum Gasteiger partial charge on any atom is -0.372 e. The molecular formula is C35H36FN5O3. The maximum atomic E-state index is 14.3. The molecule has 3 aromatic carbocycles. The Morgan fingerprint density at radius 3 is 2.27 bits per heavy atom. The van der Waals surface area contributed by atoms with Crippen molar-refractivity contribution in [1.82, 2.24) is 4.57 Å². The van der Waals surface area contributed by atoms with Crippen molar-refractivity contribution in [3.8, 4) is 0 Å². The number of benzene rings is 3. The van der Waals surface area contributed by atoms with Crippen LogP contribution in [0.2, 0.25) is 0 Å². The predicted octanol–water partition coefficient (Wildman–Crippen LogP) is 5.96. The summed E-state index contributed by atoms with van der Waals surface area (Å²) in [5.41, 5.74) is 4.25. The van der Waals surface area contributed by atoms with Gasteiger partial charge >= 0.3 is 0 Å². The second-order valence-corrected chi connectivity index (χ2v) is 11.4. The van der Waals surface area contributed by atoms with Gasteiger partial charge in [-0.1, -0.05) is 18.2 Å².